The molecule has 0 saturated heterocycles. The summed E-state index contributed by atoms with van der Waals surface area (Å²) in [6.07, 6.45) is 0. The molecule has 0 fully saturated rings. The van der Waals surface area contributed by atoms with E-state index < -0.39 is 4.92 Å². The Morgan fingerprint density at radius 2 is 2.04 bits per heavy atom. The molecule has 0 spiro atoms. The molecule has 2 aromatic carbocycles. The van der Waals surface area contributed by atoms with Crippen molar-refractivity contribution in [3.63, 3.8) is 0 Å². The molecule has 120 valence electrons. The minimum absolute atomic E-state index is 0.0178. The predicted octanol–water partition coefficient (Wildman–Crippen LogP) is 4.07. The van der Waals surface area contributed by atoms with Crippen molar-refractivity contribution in [3.8, 4) is 0 Å². The van der Waals surface area contributed by atoms with Crippen molar-refractivity contribution >= 4 is 39.3 Å². The van der Waals surface area contributed by atoms with Crippen LogP contribution in [0.15, 0.2) is 51.8 Å². The number of amides is 1. The van der Waals surface area contributed by atoms with Crippen LogP contribution in [0.25, 0.3) is 0 Å². The van der Waals surface area contributed by atoms with Gasteiger partial charge in [0.2, 0.25) is 5.91 Å². The smallest absolute Gasteiger partial charge is 0.274 e. The summed E-state index contributed by atoms with van der Waals surface area (Å²) in [5, 5.41) is 13.6. The Morgan fingerprint density at radius 1 is 1.30 bits per heavy atom. The minimum Gasteiger partial charge on any atom is -0.351 e. The number of nitro groups is 1. The van der Waals surface area contributed by atoms with Gasteiger partial charge in [0, 0.05) is 27.5 Å². The minimum atomic E-state index is -0.443. The SMILES string of the molecule is Cc1cc(Br)ccc1SCC(=O)NCc1ccccc1[N+](=O)[O-]. The number of carbonyl (C=O) groups is 1. The molecule has 0 saturated carbocycles. The van der Waals surface area contributed by atoms with Crippen LogP contribution in [-0.2, 0) is 11.3 Å². The average Bonchev–Trinajstić information content (AvgIpc) is 2.52. The van der Waals surface area contributed by atoms with E-state index >= 15 is 0 Å². The summed E-state index contributed by atoms with van der Waals surface area (Å²) in [5.41, 5.74) is 1.61. The topological polar surface area (TPSA) is 72.2 Å². The number of nitrogens with one attached hydrogen (secondary N) is 1. The summed E-state index contributed by atoms with van der Waals surface area (Å²) in [6.45, 7) is 2.13. The zero-order valence-corrected chi connectivity index (χ0v) is 14.8. The molecule has 0 heterocycles. The maximum Gasteiger partial charge on any atom is 0.274 e. The first-order chi connectivity index (χ1) is 11.0. The number of carbonyl (C=O) groups excluding carboxylic acids is 1. The van der Waals surface area contributed by atoms with Crippen LogP contribution in [0.1, 0.15) is 11.1 Å². The highest BCUT2D eigenvalue weighted by molar-refractivity contribution is 9.10. The van der Waals surface area contributed by atoms with Gasteiger partial charge in [-0.2, -0.15) is 0 Å². The molecule has 0 bridgehead atoms. The molecule has 23 heavy (non-hydrogen) atoms. The summed E-state index contributed by atoms with van der Waals surface area (Å²) in [4.78, 5) is 23.5. The van der Waals surface area contributed by atoms with Crippen molar-refractivity contribution in [1.29, 1.82) is 0 Å². The van der Waals surface area contributed by atoms with Crippen LogP contribution in [0.3, 0.4) is 0 Å². The second-order valence-corrected chi connectivity index (χ2v) is 6.79. The lowest BCUT2D eigenvalue weighted by Crippen LogP contribution is -2.25. The Bertz CT molecular complexity index is 737. The number of nitro benzene ring substituents is 1. The maximum atomic E-state index is 11.9. The van der Waals surface area contributed by atoms with E-state index in [2.05, 4.69) is 21.2 Å². The van der Waals surface area contributed by atoms with Crippen molar-refractivity contribution in [2.24, 2.45) is 0 Å². The second-order valence-electron chi connectivity index (χ2n) is 4.86. The van der Waals surface area contributed by atoms with E-state index in [1.165, 1.54) is 17.8 Å². The van der Waals surface area contributed by atoms with Crippen LogP contribution >= 0.6 is 27.7 Å². The number of nitrogens with zero attached hydrogens (tertiary/aromatic N) is 1. The van der Waals surface area contributed by atoms with Crippen LogP contribution in [0.2, 0.25) is 0 Å². The highest BCUT2D eigenvalue weighted by atomic mass is 79.9. The quantitative estimate of drug-likeness (QED) is 0.455. The van der Waals surface area contributed by atoms with Gasteiger partial charge in [0.25, 0.3) is 5.69 Å². The molecule has 0 aliphatic rings. The largest absolute Gasteiger partial charge is 0.351 e. The van der Waals surface area contributed by atoms with Crippen molar-refractivity contribution in [3.05, 3.63) is 68.2 Å². The molecular weight excluding hydrogens is 380 g/mol. The normalized spacial score (nSPS) is 10.3. The highest BCUT2D eigenvalue weighted by Crippen LogP contribution is 2.25. The van der Waals surface area contributed by atoms with Crippen LogP contribution in [0, 0.1) is 17.0 Å². The third-order valence-corrected chi connectivity index (χ3v) is 4.83. The predicted molar refractivity (Wildman–Crippen MR) is 94.5 cm³/mol. The average molecular weight is 395 g/mol. The maximum absolute atomic E-state index is 11.9. The zero-order chi connectivity index (χ0) is 16.8. The Hall–Kier alpha value is -1.86. The molecular formula is C16H15BrN2O3S. The molecule has 0 aliphatic heterocycles. The fraction of sp³-hybridized carbons (Fsp3) is 0.188. The lowest BCUT2D eigenvalue weighted by atomic mass is 10.2. The zero-order valence-electron chi connectivity index (χ0n) is 12.4. The summed E-state index contributed by atoms with van der Waals surface area (Å²) in [7, 11) is 0. The van der Waals surface area contributed by atoms with Gasteiger partial charge in [0.05, 0.1) is 10.7 Å². The van der Waals surface area contributed by atoms with E-state index in [1.54, 1.807) is 18.2 Å². The third-order valence-electron chi connectivity index (χ3n) is 3.16. The number of aryl methyl sites for hydroxylation is 1. The molecule has 0 aliphatic carbocycles. The van der Waals surface area contributed by atoms with E-state index in [4.69, 9.17) is 0 Å². The number of thioether (sulfide) groups is 1. The molecule has 5 nitrogen and oxygen atoms in total. The van der Waals surface area contributed by atoms with E-state index in [0.717, 1.165) is 14.9 Å². The van der Waals surface area contributed by atoms with Gasteiger partial charge in [0.15, 0.2) is 0 Å². The summed E-state index contributed by atoms with van der Waals surface area (Å²) in [6, 6.07) is 12.3. The summed E-state index contributed by atoms with van der Waals surface area (Å²) < 4.78 is 1.00. The van der Waals surface area contributed by atoms with E-state index in [9.17, 15) is 14.9 Å². The Labute approximate surface area is 146 Å². The number of hydrogen-bond acceptors (Lipinski definition) is 4. The van der Waals surface area contributed by atoms with Gasteiger partial charge in [-0.3, -0.25) is 14.9 Å². The first-order valence-electron chi connectivity index (χ1n) is 6.85. The standard InChI is InChI=1S/C16H15BrN2O3S/c1-11-8-13(17)6-7-15(11)23-10-16(20)18-9-12-4-2-3-5-14(12)19(21)22/h2-8H,9-10H2,1H3,(H,18,20). The van der Waals surface area contributed by atoms with Crippen molar-refractivity contribution in [2.75, 3.05) is 5.75 Å². The van der Waals surface area contributed by atoms with Gasteiger partial charge >= 0.3 is 0 Å². The van der Waals surface area contributed by atoms with Crippen LogP contribution in [0.4, 0.5) is 5.69 Å². The molecule has 0 aromatic heterocycles. The molecule has 0 unspecified atom stereocenters. The van der Waals surface area contributed by atoms with Gasteiger partial charge in [-0.1, -0.05) is 34.1 Å². The van der Waals surface area contributed by atoms with Crippen molar-refractivity contribution < 1.29 is 9.72 Å². The Balaban J connectivity index is 1.90. The van der Waals surface area contributed by atoms with Gasteiger partial charge in [-0.15, -0.1) is 11.8 Å². The molecule has 2 rings (SSSR count). The lowest BCUT2D eigenvalue weighted by Gasteiger charge is -2.08. The number of para-hydroxylation sites is 1. The number of halogens is 1. The molecule has 2 aromatic rings. The number of benzene rings is 2. The second kappa shape index (κ2) is 8.12. The molecule has 0 atom stereocenters. The Morgan fingerprint density at radius 3 is 2.74 bits per heavy atom. The van der Waals surface area contributed by atoms with Crippen molar-refractivity contribution in [1.82, 2.24) is 5.32 Å². The monoisotopic (exact) mass is 394 g/mol. The molecule has 1 N–H and O–H groups in total. The lowest BCUT2D eigenvalue weighted by molar-refractivity contribution is -0.385. The molecule has 0 radical (unpaired) electrons. The van der Waals surface area contributed by atoms with Gasteiger partial charge in [0.1, 0.15) is 0 Å². The van der Waals surface area contributed by atoms with Gasteiger partial charge < -0.3 is 5.32 Å². The Kier molecular flexibility index (Phi) is 6.18. The van der Waals surface area contributed by atoms with Crippen molar-refractivity contribution in [2.45, 2.75) is 18.4 Å². The highest BCUT2D eigenvalue weighted by Gasteiger charge is 2.13. The molecule has 1 amide bonds. The van der Waals surface area contributed by atoms with E-state index in [0.29, 0.717) is 5.56 Å². The summed E-state index contributed by atoms with van der Waals surface area (Å²) in [5.74, 6) is 0.110. The first kappa shape index (κ1) is 17.5. The van der Waals surface area contributed by atoms with Gasteiger partial charge in [-0.05, 0) is 30.7 Å². The summed E-state index contributed by atoms with van der Waals surface area (Å²) >= 11 is 4.84. The third kappa shape index (κ3) is 5.07. The fourth-order valence-corrected chi connectivity index (χ4v) is 3.32. The van der Waals surface area contributed by atoms with E-state index in [-0.39, 0.29) is 23.9 Å². The fourth-order valence-electron chi connectivity index (χ4n) is 2.00. The molecule has 7 heteroatoms. The number of hydrogen-bond donors (Lipinski definition) is 1. The van der Waals surface area contributed by atoms with Crippen LogP contribution < -0.4 is 5.32 Å². The van der Waals surface area contributed by atoms with Gasteiger partial charge in [-0.25, -0.2) is 0 Å². The first-order valence-corrected chi connectivity index (χ1v) is 8.63. The van der Waals surface area contributed by atoms with Crippen LogP contribution in [0.5, 0.6) is 0 Å². The van der Waals surface area contributed by atoms with Crippen LogP contribution in [-0.4, -0.2) is 16.6 Å². The number of rotatable bonds is 6. The van der Waals surface area contributed by atoms with E-state index in [1.807, 2.05) is 25.1 Å².